The van der Waals surface area contributed by atoms with Crippen molar-refractivity contribution in [1.82, 2.24) is 5.32 Å². The molecule has 1 aliphatic heterocycles. The first kappa shape index (κ1) is 21.8. The lowest BCUT2D eigenvalue weighted by Gasteiger charge is -2.35. The molecule has 0 saturated heterocycles. The van der Waals surface area contributed by atoms with E-state index >= 15 is 0 Å². The molecule has 0 bridgehead atoms. The van der Waals surface area contributed by atoms with Crippen LogP contribution in [-0.2, 0) is 13.0 Å². The summed E-state index contributed by atoms with van der Waals surface area (Å²) >= 11 is 0. The zero-order chi connectivity index (χ0) is 22.5. The summed E-state index contributed by atoms with van der Waals surface area (Å²) in [7, 11) is 6.58. The van der Waals surface area contributed by atoms with Gasteiger partial charge in [0.15, 0.2) is 11.5 Å². The molecule has 1 heterocycles. The number of fused-ring (bicyclic) bond motifs is 1. The quantitative estimate of drug-likeness (QED) is 0.560. The van der Waals surface area contributed by atoms with Gasteiger partial charge in [-0.25, -0.2) is 0 Å². The van der Waals surface area contributed by atoms with Crippen molar-refractivity contribution in [3.8, 4) is 28.7 Å². The Kier molecular flexibility index (Phi) is 6.71. The predicted octanol–water partition coefficient (Wildman–Crippen LogP) is 4.56. The Bertz CT molecular complexity index is 1050. The van der Waals surface area contributed by atoms with E-state index in [0.717, 1.165) is 35.6 Å². The molecule has 0 spiro atoms. The molecule has 0 unspecified atom stereocenters. The van der Waals surface area contributed by atoms with Crippen molar-refractivity contribution in [3.63, 3.8) is 0 Å². The highest BCUT2D eigenvalue weighted by molar-refractivity contribution is 5.53. The third-order valence-electron chi connectivity index (χ3n) is 5.79. The van der Waals surface area contributed by atoms with Gasteiger partial charge in [0.05, 0.1) is 34.5 Å². The first-order chi connectivity index (χ1) is 15.7. The van der Waals surface area contributed by atoms with E-state index in [-0.39, 0.29) is 12.1 Å². The monoisotopic (exact) mass is 435 g/mol. The summed E-state index contributed by atoms with van der Waals surface area (Å²) in [6.07, 6.45) is 0.511. The fraction of sp³-hybridized carbons (Fsp3) is 0.308. The number of rotatable bonds is 8. The van der Waals surface area contributed by atoms with Crippen molar-refractivity contribution >= 4 is 0 Å². The van der Waals surface area contributed by atoms with Crippen LogP contribution < -0.4 is 29.0 Å². The highest BCUT2D eigenvalue weighted by Gasteiger charge is 2.34. The van der Waals surface area contributed by atoms with Crippen LogP contribution in [0.15, 0.2) is 60.7 Å². The Labute approximate surface area is 189 Å². The number of nitrogens with one attached hydrogen (secondary N) is 1. The van der Waals surface area contributed by atoms with Crippen LogP contribution in [0.1, 0.15) is 22.8 Å². The van der Waals surface area contributed by atoms with E-state index in [9.17, 15) is 0 Å². The fourth-order valence-corrected chi connectivity index (χ4v) is 4.10. The molecule has 0 saturated carbocycles. The van der Waals surface area contributed by atoms with Gasteiger partial charge in [-0.3, -0.25) is 0 Å². The second-order valence-corrected chi connectivity index (χ2v) is 7.64. The third kappa shape index (κ3) is 4.46. The lowest BCUT2D eigenvalue weighted by Crippen LogP contribution is -2.41. The summed E-state index contributed by atoms with van der Waals surface area (Å²) in [5, 5.41) is 3.69. The van der Waals surface area contributed by atoms with E-state index in [1.54, 1.807) is 28.4 Å². The Hall–Kier alpha value is -3.38. The molecule has 0 aliphatic carbocycles. The van der Waals surface area contributed by atoms with Crippen molar-refractivity contribution in [1.29, 1.82) is 0 Å². The summed E-state index contributed by atoms with van der Waals surface area (Å²) in [6.45, 7) is 0.729. The molecular formula is C26H29NO5. The van der Waals surface area contributed by atoms with Crippen molar-refractivity contribution in [2.24, 2.45) is 0 Å². The van der Waals surface area contributed by atoms with Crippen LogP contribution in [0.25, 0.3) is 0 Å². The number of ether oxygens (including phenoxy) is 5. The van der Waals surface area contributed by atoms with Gasteiger partial charge < -0.3 is 29.0 Å². The maximum absolute atomic E-state index is 6.56. The molecule has 3 aromatic carbocycles. The lowest BCUT2D eigenvalue weighted by atomic mass is 9.91. The van der Waals surface area contributed by atoms with Gasteiger partial charge in [-0.1, -0.05) is 36.4 Å². The summed E-state index contributed by atoms with van der Waals surface area (Å²) in [4.78, 5) is 0. The molecule has 0 fully saturated rings. The molecule has 32 heavy (non-hydrogen) atoms. The molecular weight excluding hydrogens is 406 g/mol. The van der Waals surface area contributed by atoms with Gasteiger partial charge in [0.1, 0.15) is 23.4 Å². The minimum atomic E-state index is -0.233. The largest absolute Gasteiger partial charge is 0.496 e. The van der Waals surface area contributed by atoms with Gasteiger partial charge in [0.25, 0.3) is 0 Å². The normalized spacial score (nSPS) is 17.1. The number of hydrogen-bond donors (Lipinski definition) is 1. The third-order valence-corrected chi connectivity index (χ3v) is 5.79. The molecule has 6 nitrogen and oxygen atoms in total. The maximum atomic E-state index is 6.56. The summed E-state index contributed by atoms with van der Waals surface area (Å²) in [5.41, 5.74) is 3.24. The van der Waals surface area contributed by atoms with Crippen molar-refractivity contribution in [2.45, 2.75) is 25.1 Å². The second-order valence-electron chi connectivity index (χ2n) is 7.64. The molecule has 168 valence electrons. The van der Waals surface area contributed by atoms with Crippen molar-refractivity contribution < 1.29 is 23.7 Å². The standard InChI is InChI=1S/C26H29NO5/c1-28-19-13-23(30-3)20-15-21(27-16-17-8-6-5-7-9-17)26(32-24(20)14-19)18-10-11-22(29-2)25(12-18)31-4/h5-14,21,26-27H,15-16H2,1-4H3/t21-,26-/m1/s1. The van der Waals surface area contributed by atoms with Crippen LogP contribution in [0.4, 0.5) is 0 Å². The van der Waals surface area contributed by atoms with Crippen LogP contribution in [0.2, 0.25) is 0 Å². The van der Waals surface area contributed by atoms with Crippen LogP contribution in [0, 0.1) is 0 Å². The van der Waals surface area contributed by atoms with Gasteiger partial charge >= 0.3 is 0 Å². The Morgan fingerprint density at radius 2 is 1.56 bits per heavy atom. The Balaban J connectivity index is 1.71. The van der Waals surface area contributed by atoms with Crippen LogP contribution in [0.3, 0.4) is 0 Å². The van der Waals surface area contributed by atoms with E-state index < -0.39 is 0 Å². The number of hydrogen-bond acceptors (Lipinski definition) is 6. The van der Waals surface area contributed by atoms with Crippen LogP contribution in [-0.4, -0.2) is 34.5 Å². The molecule has 2 atom stereocenters. The molecule has 3 aromatic rings. The molecule has 1 N–H and O–H groups in total. The van der Waals surface area contributed by atoms with Crippen molar-refractivity contribution in [2.75, 3.05) is 28.4 Å². The van der Waals surface area contributed by atoms with Crippen LogP contribution in [0.5, 0.6) is 28.7 Å². The Morgan fingerprint density at radius 3 is 2.25 bits per heavy atom. The zero-order valence-corrected chi connectivity index (χ0v) is 18.9. The van der Waals surface area contributed by atoms with E-state index in [1.165, 1.54) is 5.56 Å². The molecule has 0 amide bonds. The smallest absolute Gasteiger partial charge is 0.161 e. The van der Waals surface area contributed by atoms with Crippen molar-refractivity contribution in [3.05, 3.63) is 77.4 Å². The van der Waals surface area contributed by atoms with E-state index in [4.69, 9.17) is 23.7 Å². The second kappa shape index (κ2) is 9.83. The minimum Gasteiger partial charge on any atom is -0.496 e. The van der Waals surface area contributed by atoms with Gasteiger partial charge in [-0.15, -0.1) is 0 Å². The average molecular weight is 436 g/mol. The highest BCUT2D eigenvalue weighted by atomic mass is 16.5. The Morgan fingerprint density at radius 1 is 0.812 bits per heavy atom. The predicted molar refractivity (Wildman–Crippen MR) is 123 cm³/mol. The molecule has 4 rings (SSSR count). The summed E-state index contributed by atoms with van der Waals surface area (Å²) in [6, 6.07) is 20.1. The maximum Gasteiger partial charge on any atom is 0.161 e. The van der Waals surface area contributed by atoms with Gasteiger partial charge in [-0.05, 0) is 29.7 Å². The highest BCUT2D eigenvalue weighted by Crippen LogP contribution is 2.43. The molecule has 0 aromatic heterocycles. The summed E-state index contributed by atoms with van der Waals surface area (Å²) in [5.74, 6) is 3.58. The number of benzene rings is 3. The zero-order valence-electron chi connectivity index (χ0n) is 18.9. The molecule has 0 radical (unpaired) electrons. The summed E-state index contributed by atoms with van der Waals surface area (Å²) < 4.78 is 28.6. The van der Waals surface area contributed by atoms with Gasteiger partial charge in [-0.2, -0.15) is 0 Å². The van der Waals surface area contributed by atoms with Gasteiger partial charge in [0, 0.05) is 24.2 Å². The molecule has 6 heteroatoms. The first-order valence-corrected chi connectivity index (χ1v) is 10.6. The average Bonchev–Trinajstić information content (AvgIpc) is 2.86. The van der Waals surface area contributed by atoms with E-state index in [1.807, 2.05) is 48.5 Å². The minimum absolute atomic E-state index is 0.0168. The first-order valence-electron chi connectivity index (χ1n) is 10.6. The van der Waals surface area contributed by atoms with Crippen LogP contribution >= 0.6 is 0 Å². The lowest BCUT2D eigenvalue weighted by molar-refractivity contribution is 0.130. The fourth-order valence-electron chi connectivity index (χ4n) is 4.10. The topological polar surface area (TPSA) is 58.2 Å². The number of methoxy groups -OCH3 is 4. The molecule has 1 aliphatic rings. The van der Waals surface area contributed by atoms with E-state index in [2.05, 4.69) is 17.4 Å². The SMILES string of the molecule is COc1cc(OC)c2c(c1)O[C@H](c1ccc(OC)c(OC)c1)[C@H](NCc1ccccc1)C2. The van der Waals surface area contributed by atoms with E-state index in [0.29, 0.717) is 17.2 Å². The van der Waals surface area contributed by atoms with Gasteiger partial charge in [0.2, 0.25) is 0 Å².